The quantitative estimate of drug-likeness (QED) is 0.344. The van der Waals surface area contributed by atoms with Crippen LogP contribution < -0.4 is 14.4 Å². The molecule has 0 radical (unpaired) electrons. The van der Waals surface area contributed by atoms with E-state index < -0.39 is 15.9 Å². The molecule has 4 rings (SSSR count). The summed E-state index contributed by atoms with van der Waals surface area (Å²) < 4.78 is 34.3. The third-order valence-electron chi connectivity index (χ3n) is 7.73. The average molecular weight is 565 g/mol. The number of ether oxygens (including phenoxy) is 1. The molecule has 2 aromatic heterocycles. The lowest BCUT2D eigenvalue weighted by Crippen LogP contribution is -2.43. The van der Waals surface area contributed by atoms with Crippen LogP contribution in [0.3, 0.4) is 0 Å². The number of nitrogens with zero attached hydrogens (tertiary/aromatic N) is 3. The molecule has 1 N–H and O–H groups in total. The highest BCUT2D eigenvalue weighted by atomic mass is 32.2. The zero-order chi connectivity index (χ0) is 29.2. The van der Waals surface area contributed by atoms with Gasteiger partial charge < -0.3 is 9.64 Å². The van der Waals surface area contributed by atoms with Crippen LogP contribution in [0.2, 0.25) is 0 Å². The zero-order valence-electron chi connectivity index (χ0n) is 24.5. The number of rotatable bonds is 9. The molecule has 0 spiro atoms. The number of sulfonamides is 1. The number of hydrogen-bond donors (Lipinski definition) is 1. The Balaban J connectivity index is 1.68. The van der Waals surface area contributed by atoms with Gasteiger partial charge in [0, 0.05) is 23.7 Å². The lowest BCUT2D eigenvalue weighted by molar-refractivity contribution is 0.0981. The average Bonchev–Trinajstić information content (AvgIpc) is 3.14. The van der Waals surface area contributed by atoms with Crippen LogP contribution in [0.4, 0.5) is 5.82 Å². The second-order valence-corrected chi connectivity index (χ2v) is 13.3. The highest BCUT2D eigenvalue weighted by molar-refractivity contribution is 7.90. The van der Waals surface area contributed by atoms with Gasteiger partial charge in [0.15, 0.2) is 5.03 Å². The van der Waals surface area contributed by atoms with Crippen LogP contribution >= 0.6 is 0 Å². The molecule has 1 fully saturated rings. The number of carbonyl (C=O) groups is 1. The first-order chi connectivity index (χ1) is 18.8. The Hall–Kier alpha value is -3.46. The molecule has 1 unspecified atom stereocenters. The maximum Gasteiger partial charge on any atom is 0.281 e. The van der Waals surface area contributed by atoms with Gasteiger partial charge in [-0.2, -0.15) is 13.4 Å². The molecule has 0 saturated carbocycles. The Kier molecular flexibility index (Phi) is 8.54. The summed E-state index contributed by atoms with van der Waals surface area (Å²) >= 11 is 0. The second kappa shape index (κ2) is 11.6. The Morgan fingerprint density at radius 3 is 2.42 bits per heavy atom. The molecular formula is C31H40N4O4S. The first kappa shape index (κ1) is 29.5. The van der Waals surface area contributed by atoms with Crippen molar-refractivity contribution in [3.05, 3.63) is 65.2 Å². The summed E-state index contributed by atoms with van der Waals surface area (Å²) in [5.41, 5.74) is 3.83. The highest BCUT2D eigenvalue weighted by Crippen LogP contribution is 2.39. The Labute approximate surface area is 238 Å². The van der Waals surface area contributed by atoms with Crippen molar-refractivity contribution in [1.82, 2.24) is 14.7 Å². The van der Waals surface area contributed by atoms with E-state index in [2.05, 4.69) is 67.4 Å². The molecule has 9 heteroatoms. The van der Waals surface area contributed by atoms with E-state index >= 15 is 0 Å². The third-order valence-corrected chi connectivity index (χ3v) is 8.96. The molecule has 214 valence electrons. The van der Waals surface area contributed by atoms with Gasteiger partial charge in [0.2, 0.25) is 5.88 Å². The minimum Gasteiger partial charge on any atom is -0.478 e. The fourth-order valence-corrected chi connectivity index (χ4v) is 5.90. The van der Waals surface area contributed by atoms with Gasteiger partial charge in [0.25, 0.3) is 15.9 Å². The lowest BCUT2D eigenvalue weighted by atomic mass is 9.90. The standard InChI is InChI=1S/C31H40N4O4S/c1-20(2)14-16-39-27-9-8-10-28(33-27)40(37,38)34-30(36)25-11-12-26(24-18-21(3)17-22(4)19-24)32-29(25)35-15-13-23(5)31(35,6)7/h8-12,17-20,23H,13-16H2,1-7H3,(H,34,36). The first-order valence-corrected chi connectivity index (χ1v) is 15.3. The van der Waals surface area contributed by atoms with Gasteiger partial charge in [-0.3, -0.25) is 4.79 Å². The van der Waals surface area contributed by atoms with E-state index in [1.165, 1.54) is 6.07 Å². The van der Waals surface area contributed by atoms with Crippen molar-refractivity contribution < 1.29 is 17.9 Å². The highest BCUT2D eigenvalue weighted by Gasteiger charge is 2.41. The monoisotopic (exact) mass is 564 g/mol. The van der Waals surface area contributed by atoms with Gasteiger partial charge in [-0.15, -0.1) is 0 Å². The number of amides is 1. The molecule has 1 aliphatic heterocycles. The van der Waals surface area contributed by atoms with Crippen molar-refractivity contribution in [3.8, 4) is 17.1 Å². The van der Waals surface area contributed by atoms with Crippen molar-refractivity contribution in [1.29, 1.82) is 0 Å². The fourth-order valence-electron chi connectivity index (χ4n) is 4.98. The predicted molar refractivity (Wildman–Crippen MR) is 158 cm³/mol. The molecule has 1 amide bonds. The minimum absolute atomic E-state index is 0.197. The first-order valence-electron chi connectivity index (χ1n) is 13.8. The molecule has 1 aromatic carbocycles. The molecule has 1 saturated heterocycles. The smallest absolute Gasteiger partial charge is 0.281 e. The van der Waals surface area contributed by atoms with Gasteiger partial charge in [-0.05, 0) is 82.7 Å². The van der Waals surface area contributed by atoms with Crippen molar-refractivity contribution in [2.75, 3.05) is 18.1 Å². The van der Waals surface area contributed by atoms with Crippen LogP contribution in [0.25, 0.3) is 11.3 Å². The van der Waals surface area contributed by atoms with E-state index in [1.807, 2.05) is 13.8 Å². The SMILES string of the molecule is Cc1cc(C)cc(-c2ccc(C(=O)NS(=O)(=O)c3cccc(OCCC(C)C)n3)c(N3CCC(C)C3(C)C)n2)c1. The normalized spacial score (nSPS) is 16.8. The molecule has 8 nitrogen and oxygen atoms in total. The van der Waals surface area contributed by atoms with Crippen molar-refractivity contribution >= 4 is 21.7 Å². The largest absolute Gasteiger partial charge is 0.478 e. The van der Waals surface area contributed by atoms with Gasteiger partial charge in [0.05, 0.1) is 17.9 Å². The molecule has 3 aromatic rings. The summed E-state index contributed by atoms with van der Waals surface area (Å²) in [6.07, 6.45) is 1.75. The maximum absolute atomic E-state index is 13.6. The summed E-state index contributed by atoms with van der Waals surface area (Å²) in [6, 6.07) is 14.2. The van der Waals surface area contributed by atoms with Crippen LogP contribution in [0.15, 0.2) is 53.6 Å². The molecule has 0 bridgehead atoms. The van der Waals surface area contributed by atoms with Crippen LogP contribution in [0, 0.1) is 25.7 Å². The number of benzene rings is 1. The predicted octanol–water partition coefficient (Wildman–Crippen LogP) is 5.93. The number of aromatic nitrogens is 2. The van der Waals surface area contributed by atoms with E-state index in [9.17, 15) is 13.2 Å². The molecule has 3 heterocycles. The molecule has 0 aliphatic carbocycles. The molecule has 1 aliphatic rings. The van der Waals surface area contributed by atoms with Gasteiger partial charge in [-0.1, -0.05) is 44.0 Å². The lowest BCUT2D eigenvalue weighted by Gasteiger charge is -2.36. The van der Waals surface area contributed by atoms with Gasteiger partial charge >= 0.3 is 0 Å². The van der Waals surface area contributed by atoms with Crippen molar-refractivity contribution in [2.45, 2.75) is 71.9 Å². The van der Waals surface area contributed by atoms with E-state index in [0.29, 0.717) is 30.8 Å². The fraction of sp³-hybridized carbons (Fsp3) is 0.452. The van der Waals surface area contributed by atoms with Gasteiger partial charge in [-0.25, -0.2) is 9.71 Å². The van der Waals surface area contributed by atoms with E-state index in [4.69, 9.17) is 9.72 Å². The number of hydrogen-bond acceptors (Lipinski definition) is 7. The topological polar surface area (TPSA) is 101 Å². The number of nitrogens with one attached hydrogen (secondary N) is 1. The maximum atomic E-state index is 13.6. The van der Waals surface area contributed by atoms with Crippen LogP contribution in [-0.2, 0) is 10.0 Å². The van der Waals surface area contributed by atoms with Crippen LogP contribution in [0.5, 0.6) is 5.88 Å². The number of pyridine rings is 2. The second-order valence-electron chi connectivity index (χ2n) is 11.7. The third kappa shape index (κ3) is 6.46. The zero-order valence-corrected chi connectivity index (χ0v) is 25.3. The van der Waals surface area contributed by atoms with Crippen molar-refractivity contribution in [2.24, 2.45) is 11.8 Å². The minimum atomic E-state index is -4.26. The van der Waals surface area contributed by atoms with E-state index in [0.717, 1.165) is 35.2 Å². The summed E-state index contributed by atoms with van der Waals surface area (Å²) in [5, 5.41) is -0.278. The Morgan fingerprint density at radius 1 is 1.10 bits per heavy atom. The van der Waals surface area contributed by atoms with Gasteiger partial charge in [0.1, 0.15) is 5.82 Å². The Morgan fingerprint density at radius 2 is 1.80 bits per heavy atom. The number of carbonyl (C=O) groups excluding carboxylic acids is 1. The van der Waals surface area contributed by atoms with Crippen LogP contribution in [0.1, 0.15) is 68.9 Å². The van der Waals surface area contributed by atoms with E-state index in [-0.39, 0.29) is 22.0 Å². The molecule has 40 heavy (non-hydrogen) atoms. The summed E-state index contributed by atoms with van der Waals surface area (Å²) in [5.74, 6) is 0.722. The summed E-state index contributed by atoms with van der Waals surface area (Å²) in [7, 11) is -4.26. The number of aryl methyl sites for hydroxylation is 2. The summed E-state index contributed by atoms with van der Waals surface area (Å²) in [4.78, 5) is 24.8. The van der Waals surface area contributed by atoms with Crippen molar-refractivity contribution in [3.63, 3.8) is 0 Å². The number of anilines is 1. The Bertz CT molecular complexity index is 1480. The molecule has 1 atom stereocenters. The van der Waals surface area contributed by atoms with Crippen LogP contribution in [-0.4, -0.2) is 43.0 Å². The molecular weight excluding hydrogens is 524 g/mol. The summed E-state index contributed by atoms with van der Waals surface area (Å²) in [6.45, 7) is 15.8. The van der Waals surface area contributed by atoms with E-state index in [1.54, 1.807) is 24.3 Å².